The van der Waals surface area contributed by atoms with E-state index in [0.717, 1.165) is 37.2 Å². The molecule has 0 heterocycles. The first-order valence-electron chi connectivity index (χ1n) is 8.21. The van der Waals surface area contributed by atoms with E-state index in [4.69, 9.17) is 16.3 Å². The molecular weight excluding hydrogens is 282 g/mol. The summed E-state index contributed by atoms with van der Waals surface area (Å²) in [5.74, 6) is 0.753. The average Bonchev–Trinajstić information content (AvgIpc) is 3.24. The molecule has 0 bridgehead atoms. The summed E-state index contributed by atoms with van der Waals surface area (Å²) < 4.78 is 5.33. The predicted octanol–water partition coefficient (Wildman–Crippen LogP) is 4.41. The molecule has 1 aliphatic rings. The molecule has 1 atom stereocenters. The summed E-state index contributed by atoms with van der Waals surface area (Å²) in [5.41, 5.74) is 1.91. The number of rotatable bonds is 10. The minimum absolute atomic E-state index is 0.440. The maximum atomic E-state index is 5.99. The highest BCUT2D eigenvalue weighted by Gasteiger charge is 2.44. The van der Waals surface area contributed by atoms with Crippen molar-refractivity contribution >= 4 is 11.6 Å². The van der Waals surface area contributed by atoms with Crippen molar-refractivity contribution in [3.05, 3.63) is 34.9 Å². The van der Waals surface area contributed by atoms with Crippen LogP contribution in [0.15, 0.2) is 24.3 Å². The van der Waals surface area contributed by atoms with Gasteiger partial charge < -0.3 is 10.1 Å². The molecule has 118 valence electrons. The minimum Gasteiger partial charge on any atom is -0.380 e. The van der Waals surface area contributed by atoms with Crippen LogP contribution in [-0.4, -0.2) is 26.3 Å². The zero-order valence-corrected chi connectivity index (χ0v) is 14.1. The number of benzene rings is 1. The quantitative estimate of drug-likeness (QED) is 0.646. The number of ether oxygens (including phenoxy) is 1. The van der Waals surface area contributed by atoms with Crippen molar-refractivity contribution in [2.75, 3.05) is 26.3 Å². The van der Waals surface area contributed by atoms with Crippen molar-refractivity contribution in [1.29, 1.82) is 0 Å². The van der Waals surface area contributed by atoms with Gasteiger partial charge in [0.2, 0.25) is 0 Å². The Morgan fingerprint density at radius 2 is 1.95 bits per heavy atom. The zero-order valence-electron chi connectivity index (χ0n) is 13.3. The van der Waals surface area contributed by atoms with Gasteiger partial charge in [-0.1, -0.05) is 30.7 Å². The van der Waals surface area contributed by atoms with Crippen LogP contribution in [0, 0.1) is 5.92 Å². The molecule has 1 N–H and O–H groups in total. The smallest absolute Gasteiger partial charge is 0.0590 e. The van der Waals surface area contributed by atoms with Gasteiger partial charge in [0, 0.05) is 18.2 Å². The molecule has 0 aromatic heterocycles. The van der Waals surface area contributed by atoms with Gasteiger partial charge in [-0.3, -0.25) is 0 Å². The molecule has 1 fully saturated rings. The molecule has 2 rings (SSSR count). The molecule has 0 radical (unpaired) electrons. The Kier molecular flexibility index (Phi) is 6.53. The Bertz CT molecular complexity index is 414. The fourth-order valence-electron chi connectivity index (χ4n) is 3.10. The number of hydrogen-bond acceptors (Lipinski definition) is 2. The van der Waals surface area contributed by atoms with Gasteiger partial charge in [-0.2, -0.15) is 0 Å². The van der Waals surface area contributed by atoms with Gasteiger partial charge in [0.15, 0.2) is 0 Å². The van der Waals surface area contributed by atoms with Crippen LogP contribution in [0.2, 0.25) is 5.02 Å². The highest BCUT2D eigenvalue weighted by Crippen LogP contribution is 2.53. The third-order valence-corrected chi connectivity index (χ3v) is 4.74. The van der Waals surface area contributed by atoms with Gasteiger partial charge >= 0.3 is 0 Å². The van der Waals surface area contributed by atoms with E-state index < -0.39 is 0 Å². The first-order valence-corrected chi connectivity index (χ1v) is 8.58. The van der Waals surface area contributed by atoms with Crippen molar-refractivity contribution in [1.82, 2.24) is 5.32 Å². The van der Waals surface area contributed by atoms with Crippen LogP contribution in [0.3, 0.4) is 0 Å². The van der Waals surface area contributed by atoms with E-state index >= 15 is 0 Å². The van der Waals surface area contributed by atoms with Gasteiger partial charge in [-0.15, -0.1) is 0 Å². The molecule has 1 saturated carbocycles. The van der Waals surface area contributed by atoms with Crippen LogP contribution < -0.4 is 5.32 Å². The Balaban J connectivity index is 1.70. The van der Waals surface area contributed by atoms with Crippen molar-refractivity contribution in [2.45, 2.75) is 44.9 Å². The van der Waals surface area contributed by atoms with Crippen LogP contribution in [0.25, 0.3) is 0 Å². The average molecular weight is 310 g/mol. The Morgan fingerprint density at radius 1 is 1.24 bits per heavy atom. The van der Waals surface area contributed by atoms with E-state index in [0.29, 0.717) is 5.41 Å². The topological polar surface area (TPSA) is 21.3 Å². The lowest BCUT2D eigenvalue weighted by atomic mass is 9.85. The molecule has 1 unspecified atom stereocenters. The first kappa shape index (κ1) is 16.8. The maximum absolute atomic E-state index is 5.99. The second kappa shape index (κ2) is 8.17. The summed E-state index contributed by atoms with van der Waals surface area (Å²) in [4.78, 5) is 0. The van der Waals surface area contributed by atoms with E-state index in [9.17, 15) is 0 Å². The molecule has 0 amide bonds. The fraction of sp³-hybridized carbons (Fsp3) is 0.667. The van der Waals surface area contributed by atoms with Crippen molar-refractivity contribution in [2.24, 2.45) is 5.92 Å². The molecule has 0 saturated heterocycles. The summed E-state index contributed by atoms with van der Waals surface area (Å²) in [6.07, 6.45) is 5.19. The lowest BCUT2D eigenvalue weighted by Gasteiger charge is -2.21. The highest BCUT2D eigenvalue weighted by molar-refractivity contribution is 6.30. The summed E-state index contributed by atoms with van der Waals surface area (Å²) in [5, 5.41) is 4.30. The lowest BCUT2D eigenvalue weighted by Crippen LogP contribution is -2.23. The fourth-order valence-corrected chi connectivity index (χ4v) is 3.22. The van der Waals surface area contributed by atoms with Crippen LogP contribution >= 0.6 is 11.6 Å². The van der Waals surface area contributed by atoms with Gasteiger partial charge in [-0.05, 0) is 68.2 Å². The van der Waals surface area contributed by atoms with Gasteiger partial charge in [0.05, 0.1) is 6.61 Å². The summed E-state index contributed by atoms with van der Waals surface area (Å²) in [6.45, 7) is 8.09. The van der Waals surface area contributed by atoms with E-state index in [1.54, 1.807) is 0 Å². The molecule has 3 heteroatoms. The van der Waals surface area contributed by atoms with E-state index in [1.165, 1.54) is 31.2 Å². The van der Waals surface area contributed by atoms with E-state index in [2.05, 4.69) is 24.4 Å². The van der Waals surface area contributed by atoms with Crippen LogP contribution in [0.4, 0.5) is 0 Å². The minimum atomic E-state index is 0.440. The molecule has 21 heavy (non-hydrogen) atoms. The lowest BCUT2D eigenvalue weighted by molar-refractivity contribution is 0.149. The second-order valence-electron chi connectivity index (χ2n) is 6.33. The van der Waals surface area contributed by atoms with E-state index in [-0.39, 0.29) is 0 Å². The van der Waals surface area contributed by atoms with Crippen molar-refractivity contribution in [3.8, 4) is 0 Å². The maximum Gasteiger partial charge on any atom is 0.0590 e. The van der Waals surface area contributed by atoms with Crippen molar-refractivity contribution < 1.29 is 4.74 Å². The SMILES string of the molecule is CCOCCNCCC(C)CC1(c2ccc(Cl)cc2)CC1. The van der Waals surface area contributed by atoms with Crippen molar-refractivity contribution in [3.63, 3.8) is 0 Å². The monoisotopic (exact) mass is 309 g/mol. The summed E-state index contributed by atoms with van der Waals surface area (Å²) in [7, 11) is 0. The number of hydrogen-bond donors (Lipinski definition) is 1. The standard InChI is InChI=1S/C18H28ClNO/c1-3-21-13-12-20-11-8-15(2)14-18(9-10-18)16-4-6-17(19)7-5-16/h4-7,15,20H,3,8-14H2,1-2H3. The normalized spacial score (nSPS) is 17.7. The molecule has 2 nitrogen and oxygen atoms in total. The Labute approximate surface area is 134 Å². The Hall–Kier alpha value is -0.570. The molecule has 0 spiro atoms. The second-order valence-corrected chi connectivity index (χ2v) is 6.77. The Morgan fingerprint density at radius 3 is 2.57 bits per heavy atom. The zero-order chi connectivity index (χ0) is 15.1. The predicted molar refractivity (Wildman–Crippen MR) is 90.1 cm³/mol. The van der Waals surface area contributed by atoms with E-state index in [1.807, 2.05) is 19.1 Å². The number of nitrogens with one attached hydrogen (secondary N) is 1. The van der Waals surface area contributed by atoms with Crippen LogP contribution in [0.1, 0.15) is 45.1 Å². The van der Waals surface area contributed by atoms with Gasteiger partial charge in [0.25, 0.3) is 0 Å². The molecule has 1 aromatic carbocycles. The molecule has 1 aromatic rings. The summed E-state index contributed by atoms with van der Waals surface area (Å²) >= 11 is 5.99. The van der Waals surface area contributed by atoms with Gasteiger partial charge in [-0.25, -0.2) is 0 Å². The third kappa shape index (κ3) is 5.28. The highest BCUT2D eigenvalue weighted by atomic mass is 35.5. The summed E-state index contributed by atoms with van der Waals surface area (Å²) in [6, 6.07) is 8.47. The molecule has 1 aliphatic carbocycles. The molecular formula is C18H28ClNO. The van der Waals surface area contributed by atoms with Crippen LogP contribution in [0.5, 0.6) is 0 Å². The van der Waals surface area contributed by atoms with Gasteiger partial charge in [0.1, 0.15) is 0 Å². The largest absolute Gasteiger partial charge is 0.380 e. The first-order chi connectivity index (χ1) is 10.2. The number of halogens is 1. The third-order valence-electron chi connectivity index (χ3n) is 4.49. The molecule has 0 aliphatic heterocycles. The van der Waals surface area contributed by atoms with Crippen LogP contribution in [-0.2, 0) is 10.2 Å².